The van der Waals surface area contributed by atoms with Gasteiger partial charge in [-0.25, -0.2) is 15.0 Å². The predicted molar refractivity (Wildman–Crippen MR) is 393 cm³/mol. The van der Waals surface area contributed by atoms with Crippen LogP contribution in [0, 0.1) is 69.2 Å². The number of aromatic nitrogens is 3. The first kappa shape index (κ1) is 71.0. The molecule has 3 heteroatoms. The van der Waals surface area contributed by atoms with Crippen LogP contribution in [0.5, 0.6) is 0 Å². The van der Waals surface area contributed by atoms with Gasteiger partial charge in [0.05, 0.1) is 0 Å². The molecule has 0 radical (unpaired) electrons. The Balaban J connectivity index is 0.000000200. The zero-order chi connectivity index (χ0) is 64.7. The summed E-state index contributed by atoms with van der Waals surface area (Å²) in [7, 11) is 0. The molecule has 0 fully saturated rings. The Hall–Kier alpha value is -6.45. The molecule has 7 aromatic carbocycles. The molecular formula is C87H117N3. The van der Waals surface area contributed by atoms with Crippen LogP contribution >= 0.6 is 0 Å². The van der Waals surface area contributed by atoms with Crippen LogP contribution in [-0.4, -0.2) is 15.0 Å². The average Bonchev–Trinajstić information content (AvgIpc) is 1.56. The van der Waals surface area contributed by atoms with E-state index in [1.54, 1.807) is 11.1 Å². The summed E-state index contributed by atoms with van der Waals surface area (Å²) in [4.78, 5) is 14.7. The number of nitrogens with zero attached hydrogens (tertiary/aromatic N) is 3. The zero-order valence-electron chi connectivity index (χ0n) is 59.5. The highest BCUT2D eigenvalue weighted by Crippen LogP contribution is 2.54. The second-order valence-electron chi connectivity index (χ2n) is 27.5. The SMILES string of the molecule is CCCCCCc1cc(C)c(CCCCCC)cc1C.CCCCCCc1cc(CCCCCC)cc(C2(C)c3cc(C)c(C)cc3-c3cc(C)c(C)cc32)c1.CCCCCCc1ccc(-c2nc(-c3ccc(C)c(C)c3)nc(-c3ccc(C)c(C)c3)n2)cc1. The molecule has 0 amide bonds. The summed E-state index contributed by atoms with van der Waals surface area (Å²) in [6.07, 6.45) is 32.6. The lowest BCUT2D eigenvalue weighted by atomic mass is 9.72. The van der Waals surface area contributed by atoms with Crippen LogP contribution in [0.25, 0.3) is 45.3 Å². The van der Waals surface area contributed by atoms with Gasteiger partial charge in [0.25, 0.3) is 0 Å². The number of hydrogen-bond acceptors (Lipinski definition) is 3. The topological polar surface area (TPSA) is 38.7 Å². The summed E-state index contributed by atoms with van der Waals surface area (Å²) in [5, 5.41) is 0. The summed E-state index contributed by atoms with van der Waals surface area (Å²) in [6, 6.07) is 44.0. The zero-order valence-corrected chi connectivity index (χ0v) is 59.5. The molecule has 8 aromatic rings. The van der Waals surface area contributed by atoms with E-state index >= 15 is 0 Å². The predicted octanol–water partition coefficient (Wildman–Crippen LogP) is 25.3. The molecule has 3 nitrogen and oxygen atoms in total. The van der Waals surface area contributed by atoms with Crippen molar-refractivity contribution in [2.24, 2.45) is 0 Å². The van der Waals surface area contributed by atoms with Crippen LogP contribution < -0.4 is 0 Å². The lowest BCUT2D eigenvalue weighted by Gasteiger charge is -2.30. The van der Waals surface area contributed by atoms with Crippen molar-refractivity contribution in [1.82, 2.24) is 15.0 Å². The fraction of sp³-hybridized carbons (Fsp3) is 0.483. The second-order valence-corrected chi connectivity index (χ2v) is 27.5. The van der Waals surface area contributed by atoms with Crippen molar-refractivity contribution in [3.8, 4) is 45.3 Å². The van der Waals surface area contributed by atoms with Crippen LogP contribution in [0.4, 0.5) is 0 Å². The molecule has 0 saturated heterocycles. The van der Waals surface area contributed by atoms with E-state index in [0.717, 1.165) is 23.1 Å². The van der Waals surface area contributed by atoms with Crippen molar-refractivity contribution >= 4 is 0 Å². The largest absolute Gasteiger partial charge is 0.208 e. The van der Waals surface area contributed by atoms with Gasteiger partial charge in [-0.2, -0.15) is 0 Å². The third-order valence-electron chi connectivity index (χ3n) is 20.0. The van der Waals surface area contributed by atoms with E-state index < -0.39 is 0 Å². The summed E-state index contributed by atoms with van der Waals surface area (Å²) < 4.78 is 0. The highest BCUT2D eigenvalue weighted by atomic mass is 15.0. The van der Waals surface area contributed by atoms with Gasteiger partial charge in [0, 0.05) is 22.1 Å². The van der Waals surface area contributed by atoms with Crippen molar-refractivity contribution in [3.05, 3.63) is 215 Å². The molecule has 1 aliphatic rings. The van der Waals surface area contributed by atoms with E-state index in [4.69, 9.17) is 15.0 Å². The van der Waals surface area contributed by atoms with Crippen LogP contribution in [-0.2, 0) is 37.5 Å². The van der Waals surface area contributed by atoms with Crippen molar-refractivity contribution in [2.75, 3.05) is 0 Å². The first-order chi connectivity index (χ1) is 43.4. The third kappa shape index (κ3) is 19.3. The van der Waals surface area contributed by atoms with Gasteiger partial charge in [0.15, 0.2) is 17.5 Å². The van der Waals surface area contributed by atoms with E-state index in [9.17, 15) is 0 Å². The summed E-state index contributed by atoms with van der Waals surface area (Å²) in [5.41, 5.74) is 31.5. The smallest absolute Gasteiger partial charge is 0.164 e. The van der Waals surface area contributed by atoms with Crippen LogP contribution in [0.15, 0.2) is 115 Å². The average molecular weight is 1200 g/mol. The van der Waals surface area contributed by atoms with Crippen LogP contribution in [0.2, 0.25) is 0 Å². The quantitative estimate of drug-likeness (QED) is 0.0439. The summed E-state index contributed by atoms with van der Waals surface area (Å²) >= 11 is 0. The van der Waals surface area contributed by atoms with Crippen molar-refractivity contribution in [3.63, 3.8) is 0 Å². The normalized spacial score (nSPS) is 12.1. The minimum atomic E-state index is -0.112. The Morgan fingerprint density at radius 2 is 0.589 bits per heavy atom. The Morgan fingerprint density at radius 3 is 0.956 bits per heavy atom. The fourth-order valence-corrected chi connectivity index (χ4v) is 13.3. The van der Waals surface area contributed by atoms with Gasteiger partial charge >= 0.3 is 0 Å². The third-order valence-corrected chi connectivity index (χ3v) is 20.0. The first-order valence-corrected chi connectivity index (χ1v) is 35.9. The van der Waals surface area contributed by atoms with Gasteiger partial charge in [-0.1, -0.05) is 234 Å². The number of aryl methyl sites for hydroxylation is 15. The summed E-state index contributed by atoms with van der Waals surface area (Å²) in [5.74, 6) is 2.14. The number of hydrogen-bond donors (Lipinski definition) is 0. The monoisotopic (exact) mass is 1200 g/mol. The van der Waals surface area contributed by atoms with Crippen molar-refractivity contribution < 1.29 is 0 Å². The molecule has 0 bridgehead atoms. The molecule has 480 valence electrons. The van der Waals surface area contributed by atoms with E-state index in [-0.39, 0.29) is 5.41 Å². The van der Waals surface area contributed by atoms with E-state index in [2.05, 4.69) is 226 Å². The molecule has 0 atom stereocenters. The van der Waals surface area contributed by atoms with Crippen molar-refractivity contribution in [2.45, 2.75) is 277 Å². The molecule has 1 aliphatic carbocycles. The molecule has 0 unspecified atom stereocenters. The molecule has 90 heavy (non-hydrogen) atoms. The lowest BCUT2D eigenvalue weighted by molar-refractivity contribution is 0.656. The number of fused-ring (bicyclic) bond motifs is 3. The highest BCUT2D eigenvalue weighted by molar-refractivity contribution is 5.85. The standard InChI is InChI=1S/C36H48.C31H35N3.C20H34/c1-8-10-12-14-16-29-22-30(17-15-13-11-9-2)24-31(23-29)36(7)34-20-27(5)25(3)18-32(34)33-19-26(4)28(6)21-35(33)36;1-6-7-8-9-10-25-13-17-26(18-14-25)29-32-30(27-15-11-21(2)23(4)19-27)34-31(33-29)28-16-12-22(3)24(5)20-28;1-5-7-9-11-13-19-15-18(4)20(16-17(19)3)14-12-10-8-6-2/h18-24H,8-17H2,1-7H3;11-20H,6-10H2,1-5H3;15-16H,5-14H2,1-4H3. The minimum Gasteiger partial charge on any atom is -0.208 e. The Labute approximate surface area is 549 Å². The van der Waals surface area contributed by atoms with Gasteiger partial charge in [0.2, 0.25) is 0 Å². The Kier molecular flexibility index (Phi) is 27.9. The Morgan fingerprint density at radius 1 is 0.267 bits per heavy atom. The lowest BCUT2D eigenvalue weighted by Crippen LogP contribution is -2.23. The van der Waals surface area contributed by atoms with Crippen LogP contribution in [0.3, 0.4) is 0 Å². The number of rotatable bonds is 29. The number of unbranched alkanes of at least 4 members (excludes halogenated alkanes) is 15. The summed E-state index contributed by atoms with van der Waals surface area (Å²) in [6.45, 7) is 36.1. The molecule has 1 heterocycles. The molecule has 0 spiro atoms. The molecule has 1 aromatic heterocycles. The van der Waals surface area contributed by atoms with Gasteiger partial charge < -0.3 is 0 Å². The van der Waals surface area contributed by atoms with Gasteiger partial charge in [-0.15, -0.1) is 0 Å². The molecule has 0 aliphatic heterocycles. The maximum atomic E-state index is 4.90. The first-order valence-electron chi connectivity index (χ1n) is 35.9. The maximum absolute atomic E-state index is 4.90. The molecule has 0 N–H and O–H groups in total. The van der Waals surface area contributed by atoms with Crippen LogP contribution in [0.1, 0.15) is 270 Å². The molecule has 9 rings (SSSR count). The van der Waals surface area contributed by atoms with Gasteiger partial charge in [-0.05, 0) is 264 Å². The van der Waals surface area contributed by atoms with Gasteiger partial charge in [-0.3, -0.25) is 0 Å². The van der Waals surface area contributed by atoms with E-state index in [1.807, 2.05) is 0 Å². The molecular weight excluding hydrogens is 1090 g/mol. The fourth-order valence-electron chi connectivity index (χ4n) is 13.3. The molecule has 0 saturated carbocycles. The van der Waals surface area contributed by atoms with Crippen molar-refractivity contribution in [1.29, 1.82) is 0 Å². The minimum absolute atomic E-state index is 0.112. The highest BCUT2D eigenvalue weighted by Gasteiger charge is 2.42. The van der Waals surface area contributed by atoms with Gasteiger partial charge in [0.1, 0.15) is 0 Å². The van der Waals surface area contributed by atoms with E-state index in [0.29, 0.717) is 17.5 Å². The maximum Gasteiger partial charge on any atom is 0.164 e. The Bertz CT molecular complexity index is 3360. The second kappa shape index (κ2) is 35.4. The number of benzene rings is 7. The van der Waals surface area contributed by atoms with E-state index in [1.165, 1.54) is 254 Å².